The number of aryl methyl sites for hydroxylation is 1. The van der Waals surface area contributed by atoms with Crippen LogP contribution in [0.25, 0.3) is 0 Å². The second-order valence-electron chi connectivity index (χ2n) is 5.05. The summed E-state index contributed by atoms with van der Waals surface area (Å²) < 4.78 is 18.2. The van der Waals surface area contributed by atoms with Crippen molar-refractivity contribution in [1.82, 2.24) is 4.98 Å². The van der Waals surface area contributed by atoms with E-state index >= 15 is 0 Å². The van der Waals surface area contributed by atoms with Gasteiger partial charge < -0.3 is 13.3 Å². The fourth-order valence-corrected chi connectivity index (χ4v) is 4.73. The third-order valence-corrected chi connectivity index (χ3v) is 5.79. The van der Waals surface area contributed by atoms with Crippen molar-refractivity contribution in [3.63, 3.8) is 0 Å². The first-order chi connectivity index (χ1) is 10.3. The molecule has 21 heavy (non-hydrogen) atoms. The summed E-state index contributed by atoms with van der Waals surface area (Å²) in [6, 6.07) is 6.78. The Hall–Kier alpha value is -0.753. The van der Waals surface area contributed by atoms with E-state index in [0.29, 0.717) is 19.8 Å². The molecule has 1 aromatic rings. The number of hydrogen-bond acceptors (Lipinski definition) is 4. The zero-order valence-electron chi connectivity index (χ0n) is 13.6. The fourth-order valence-electron chi connectivity index (χ4n) is 1.94. The van der Waals surface area contributed by atoms with Crippen LogP contribution < -0.4 is 0 Å². The molecule has 0 spiro atoms. The fraction of sp³-hybridized carbons (Fsp3) is 0.688. The monoisotopic (exact) mass is 311 g/mol. The van der Waals surface area contributed by atoms with Crippen molar-refractivity contribution in [3.05, 3.63) is 30.1 Å². The third-order valence-electron chi connectivity index (χ3n) is 2.99. The molecule has 0 N–H and O–H groups in total. The van der Waals surface area contributed by atoms with Crippen molar-refractivity contribution in [1.29, 1.82) is 0 Å². The maximum Gasteiger partial charge on any atom is 0.501 e. The number of aromatic nitrogens is 1. The lowest BCUT2D eigenvalue weighted by Gasteiger charge is -2.29. The Morgan fingerprint density at radius 1 is 0.905 bits per heavy atom. The summed E-state index contributed by atoms with van der Waals surface area (Å²) >= 11 is 0. The Balaban J connectivity index is 2.69. The topological polar surface area (TPSA) is 40.6 Å². The highest BCUT2D eigenvalue weighted by atomic mass is 28.4. The van der Waals surface area contributed by atoms with Gasteiger partial charge in [0.25, 0.3) is 0 Å². The molecule has 0 aliphatic rings. The van der Waals surface area contributed by atoms with Gasteiger partial charge >= 0.3 is 8.80 Å². The number of rotatable bonds is 12. The summed E-state index contributed by atoms with van der Waals surface area (Å²) in [6.45, 7) is 8.41. The summed E-state index contributed by atoms with van der Waals surface area (Å²) in [6.07, 6.45) is 5.59. The molecule has 0 unspecified atom stereocenters. The molecule has 0 atom stereocenters. The quantitative estimate of drug-likeness (QED) is 0.550. The molecule has 1 aromatic heterocycles. The Labute approximate surface area is 130 Å². The van der Waals surface area contributed by atoms with Gasteiger partial charge in [-0.1, -0.05) is 26.8 Å². The highest BCUT2D eigenvalue weighted by Gasteiger charge is 2.40. The molecule has 5 heteroatoms. The van der Waals surface area contributed by atoms with Gasteiger partial charge in [-0.15, -0.1) is 0 Å². The van der Waals surface area contributed by atoms with E-state index in [-0.39, 0.29) is 0 Å². The molecule has 0 aliphatic heterocycles. The molecule has 4 nitrogen and oxygen atoms in total. The Morgan fingerprint density at radius 3 is 1.90 bits per heavy atom. The maximum absolute atomic E-state index is 6.07. The molecular formula is C16H29NO3Si. The van der Waals surface area contributed by atoms with E-state index in [1.807, 2.05) is 24.4 Å². The van der Waals surface area contributed by atoms with Crippen molar-refractivity contribution in [2.45, 2.75) is 52.5 Å². The van der Waals surface area contributed by atoms with E-state index in [0.717, 1.165) is 37.4 Å². The molecule has 1 heterocycles. The molecule has 0 aliphatic carbocycles. The molecule has 1 rings (SSSR count). The maximum atomic E-state index is 6.07. The van der Waals surface area contributed by atoms with Gasteiger partial charge in [0.15, 0.2) is 0 Å². The highest BCUT2D eigenvalue weighted by molar-refractivity contribution is 6.60. The number of hydrogen-bond donors (Lipinski definition) is 0. The standard InChI is InChI=1S/C16H29NO3Si/c1-4-12-18-21(19-13-5-2,20-14-6-3)15-10-16-9-7-8-11-17-16/h7-9,11H,4-6,10,12-15H2,1-3H3. The van der Waals surface area contributed by atoms with Crippen LogP contribution >= 0.6 is 0 Å². The molecule has 120 valence electrons. The lowest BCUT2D eigenvalue weighted by atomic mass is 10.3. The van der Waals surface area contributed by atoms with E-state index in [2.05, 4.69) is 25.8 Å². The summed E-state index contributed by atoms with van der Waals surface area (Å²) in [5, 5.41) is 0. The van der Waals surface area contributed by atoms with Crippen molar-refractivity contribution in [2.75, 3.05) is 19.8 Å². The third kappa shape index (κ3) is 7.18. The number of nitrogens with zero attached hydrogens (tertiary/aromatic N) is 1. The molecule has 0 saturated heterocycles. The summed E-state index contributed by atoms with van der Waals surface area (Å²) in [5.41, 5.74) is 1.06. The first-order valence-corrected chi connectivity index (χ1v) is 10.0. The van der Waals surface area contributed by atoms with Gasteiger partial charge in [-0.05, 0) is 37.8 Å². The molecule has 0 fully saturated rings. The predicted octanol–water partition coefficient (Wildman–Crippen LogP) is 3.84. The minimum absolute atomic E-state index is 0.696. The molecule has 0 aromatic carbocycles. The van der Waals surface area contributed by atoms with Crippen LogP contribution in [-0.2, 0) is 19.7 Å². The van der Waals surface area contributed by atoms with Gasteiger partial charge in [0.2, 0.25) is 0 Å². The van der Waals surface area contributed by atoms with Crippen molar-refractivity contribution >= 4 is 8.80 Å². The van der Waals surface area contributed by atoms with Crippen molar-refractivity contribution < 1.29 is 13.3 Å². The van der Waals surface area contributed by atoms with E-state index in [1.165, 1.54) is 0 Å². The van der Waals surface area contributed by atoms with E-state index in [9.17, 15) is 0 Å². The van der Waals surface area contributed by atoms with Gasteiger partial charge in [0, 0.05) is 37.8 Å². The van der Waals surface area contributed by atoms with Crippen LogP contribution in [0.2, 0.25) is 6.04 Å². The SMILES string of the molecule is CCCO[Si](CCc1ccccn1)(OCCC)OCCC. The van der Waals surface area contributed by atoms with Gasteiger partial charge in [0.05, 0.1) is 0 Å². The normalized spacial score (nSPS) is 11.8. The average molecular weight is 311 g/mol. The lowest BCUT2D eigenvalue weighted by Crippen LogP contribution is -2.47. The van der Waals surface area contributed by atoms with Crippen LogP contribution in [-0.4, -0.2) is 33.6 Å². The Kier molecular flexibility index (Phi) is 9.50. The van der Waals surface area contributed by atoms with Crippen molar-refractivity contribution in [3.8, 4) is 0 Å². The van der Waals surface area contributed by atoms with Gasteiger partial charge in [-0.2, -0.15) is 0 Å². The van der Waals surface area contributed by atoms with Crippen molar-refractivity contribution in [2.24, 2.45) is 0 Å². The molecule has 0 saturated carbocycles. The zero-order valence-corrected chi connectivity index (χ0v) is 14.6. The van der Waals surface area contributed by atoms with Crippen LogP contribution in [0.5, 0.6) is 0 Å². The van der Waals surface area contributed by atoms with E-state index < -0.39 is 8.80 Å². The second-order valence-corrected chi connectivity index (χ2v) is 7.78. The second kappa shape index (κ2) is 10.9. The predicted molar refractivity (Wildman–Crippen MR) is 87.2 cm³/mol. The summed E-state index contributed by atoms with van der Waals surface area (Å²) in [5.74, 6) is 0. The minimum Gasteiger partial charge on any atom is -0.373 e. The molecule has 0 bridgehead atoms. The van der Waals surface area contributed by atoms with E-state index in [4.69, 9.17) is 13.3 Å². The lowest BCUT2D eigenvalue weighted by molar-refractivity contribution is 0.0592. The van der Waals surface area contributed by atoms with Crippen LogP contribution in [0.15, 0.2) is 24.4 Å². The summed E-state index contributed by atoms with van der Waals surface area (Å²) in [7, 11) is -2.58. The zero-order chi connectivity index (χ0) is 15.4. The highest BCUT2D eigenvalue weighted by Crippen LogP contribution is 2.20. The Bertz CT molecular complexity index is 340. The molecular weight excluding hydrogens is 282 g/mol. The first kappa shape index (κ1) is 18.3. The van der Waals surface area contributed by atoms with Crippen LogP contribution in [0.3, 0.4) is 0 Å². The molecule has 0 radical (unpaired) electrons. The first-order valence-electron chi connectivity index (χ1n) is 8.08. The minimum atomic E-state index is -2.58. The van der Waals surface area contributed by atoms with Crippen LogP contribution in [0.4, 0.5) is 0 Å². The Morgan fingerprint density at radius 2 is 1.48 bits per heavy atom. The summed E-state index contributed by atoms with van der Waals surface area (Å²) in [4.78, 5) is 4.38. The van der Waals surface area contributed by atoms with Gasteiger partial charge in [0.1, 0.15) is 0 Å². The van der Waals surface area contributed by atoms with Crippen LogP contribution in [0, 0.1) is 0 Å². The number of pyridine rings is 1. The largest absolute Gasteiger partial charge is 0.501 e. The van der Waals surface area contributed by atoms with Crippen LogP contribution in [0.1, 0.15) is 45.7 Å². The van der Waals surface area contributed by atoms with Gasteiger partial charge in [-0.25, -0.2) is 0 Å². The van der Waals surface area contributed by atoms with E-state index in [1.54, 1.807) is 0 Å². The average Bonchev–Trinajstić information content (AvgIpc) is 2.54. The smallest absolute Gasteiger partial charge is 0.373 e. The van der Waals surface area contributed by atoms with Gasteiger partial charge in [-0.3, -0.25) is 4.98 Å². The molecule has 0 amide bonds.